The van der Waals surface area contributed by atoms with Crippen molar-refractivity contribution in [2.24, 2.45) is 5.92 Å². The highest BCUT2D eigenvalue weighted by Crippen LogP contribution is 2.24. The summed E-state index contributed by atoms with van der Waals surface area (Å²) in [6.45, 7) is 9.43. The molecule has 3 atom stereocenters. The van der Waals surface area contributed by atoms with Crippen molar-refractivity contribution in [2.45, 2.75) is 58.5 Å². The second-order valence-corrected chi connectivity index (χ2v) is 8.18. The molecule has 27 heavy (non-hydrogen) atoms. The Hall–Kier alpha value is -1.88. The first-order valence-electron chi connectivity index (χ1n) is 10.4. The van der Waals surface area contributed by atoms with E-state index in [0.717, 1.165) is 43.9 Å². The average Bonchev–Trinajstić information content (AvgIpc) is 2.69. The van der Waals surface area contributed by atoms with Gasteiger partial charge in [0, 0.05) is 43.5 Å². The maximum absolute atomic E-state index is 12.7. The normalized spacial score (nSPS) is 25.1. The van der Waals surface area contributed by atoms with Gasteiger partial charge in [0.2, 0.25) is 5.91 Å². The Labute approximate surface area is 163 Å². The standard InChI is InChI=1S/C22H33N3O2/c1-16-6-4-5-7-21(16)23-22(27)17(2)24-12-14-25(15-13-24)20-10-8-19(9-11-20)18(3)26/h8-11,16-17,21H,4-7,12-15H2,1-3H3,(H,23,27)/t16-,17+,21+/m0/s1. The van der Waals surface area contributed by atoms with E-state index in [2.05, 4.69) is 22.0 Å². The van der Waals surface area contributed by atoms with Crippen LogP contribution < -0.4 is 10.2 Å². The summed E-state index contributed by atoms with van der Waals surface area (Å²) < 4.78 is 0. The lowest BCUT2D eigenvalue weighted by Gasteiger charge is -2.39. The summed E-state index contributed by atoms with van der Waals surface area (Å²) >= 11 is 0. The summed E-state index contributed by atoms with van der Waals surface area (Å²) in [5.74, 6) is 0.858. The number of anilines is 1. The van der Waals surface area contributed by atoms with Crippen LogP contribution in [0.2, 0.25) is 0 Å². The van der Waals surface area contributed by atoms with Gasteiger partial charge in [0.15, 0.2) is 5.78 Å². The minimum absolute atomic E-state index is 0.0821. The molecule has 1 aliphatic carbocycles. The van der Waals surface area contributed by atoms with Crippen LogP contribution in [-0.4, -0.2) is 54.9 Å². The van der Waals surface area contributed by atoms with Crippen LogP contribution >= 0.6 is 0 Å². The van der Waals surface area contributed by atoms with Gasteiger partial charge in [-0.15, -0.1) is 0 Å². The molecule has 1 heterocycles. The molecule has 2 aliphatic rings. The minimum atomic E-state index is -0.0821. The molecule has 1 aromatic carbocycles. The fraction of sp³-hybridized carbons (Fsp3) is 0.636. The quantitative estimate of drug-likeness (QED) is 0.808. The average molecular weight is 372 g/mol. The first kappa shape index (κ1) is 19.9. The first-order valence-corrected chi connectivity index (χ1v) is 10.4. The Morgan fingerprint density at radius 2 is 1.67 bits per heavy atom. The van der Waals surface area contributed by atoms with E-state index in [-0.39, 0.29) is 17.7 Å². The highest BCUT2D eigenvalue weighted by Gasteiger charge is 2.29. The molecule has 0 unspecified atom stereocenters. The van der Waals surface area contributed by atoms with Crippen LogP contribution in [0.3, 0.4) is 0 Å². The second-order valence-electron chi connectivity index (χ2n) is 8.18. The molecule has 1 saturated carbocycles. The summed E-state index contributed by atoms with van der Waals surface area (Å²) in [4.78, 5) is 28.7. The van der Waals surface area contributed by atoms with E-state index in [9.17, 15) is 9.59 Å². The third-order valence-electron chi connectivity index (χ3n) is 6.32. The highest BCUT2D eigenvalue weighted by molar-refractivity contribution is 5.94. The summed E-state index contributed by atoms with van der Waals surface area (Å²) in [6, 6.07) is 8.09. The molecule has 5 nitrogen and oxygen atoms in total. The molecule has 1 N–H and O–H groups in total. The molecule has 1 aromatic rings. The van der Waals surface area contributed by atoms with Gasteiger partial charge in [0.25, 0.3) is 0 Å². The number of carbonyl (C=O) groups excluding carboxylic acids is 2. The Balaban J connectivity index is 1.50. The van der Waals surface area contributed by atoms with E-state index in [1.807, 2.05) is 31.2 Å². The zero-order valence-electron chi connectivity index (χ0n) is 16.9. The maximum atomic E-state index is 12.7. The number of nitrogens with one attached hydrogen (secondary N) is 1. The van der Waals surface area contributed by atoms with E-state index in [1.165, 1.54) is 19.3 Å². The maximum Gasteiger partial charge on any atom is 0.237 e. The van der Waals surface area contributed by atoms with Crippen molar-refractivity contribution < 1.29 is 9.59 Å². The van der Waals surface area contributed by atoms with Crippen molar-refractivity contribution >= 4 is 17.4 Å². The zero-order chi connectivity index (χ0) is 19.4. The molecule has 1 amide bonds. The lowest BCUT2D eigenvalue weighted by molar-refractivity contribution is -0.127. The fourth-order valence-electron chi connectivity index (χ4n) is 4.27. The number of Topliss-reactive ketones (excluding diaryl/α,β-unsaturated/α-hetero) is 1. The van der Waals surface area contributed by atoms with E-state index in [4.69, 9.17) is 0 Å². The van der Waals surface area contributed by atoms with Crippen molar-refractivity contribution in [2.75, 3.05) is 31.1 Å². The number of rotatable bonds is 5. The molecule has 1 aliphatic heterocycles. The van der Waals surface area contributed by atoms with Crippen LogP contribution in [0.15, 0.2) is 24.3 Å². The van der Waals surface area contributed by atoms with Crippen molar-refractivity contribution in [1.29, 1.82) is 0 Å². The van der Waals surface area contributed by atoms with Crippen molar-refractivity contribution in [3.63, 3.8) is 0 Å². The molecule has 3 rings (SSSR count). The number of carbonyl (C=O) groups is 2. The third-order valence-corrected chi connectivity index (χ3v) is 6.32. The number of hydrogen-bond acceptors (Lipinski definition) is 4. The molecule has 5 heteroatoms. The topological polar surface area (TPSA) is 52.7 Å². The van der Waals surface area contributed by atoms with Gasteiger partial charge >= 0.3 is 0 Å². The predicted octanol–water partition coefficient (Wildman–Crippen LogP) is 3.09. The number of nitrogens with zero attached hydrogens (tertiary/aromatic N) is 2. The zero-order valence-corrected chi connectivity index (χ0v) is 16.9. The van der Waals surface area contributed by atoms with Crippen molar-refractivity contribution in [3.8, 4) is 0 Å². The Morgan fingerprint density at radius 1 is 1.04 bits per heavy atom. The lowest BCUT2D eigenvalue weighted by Crippen LogP contribution is -2.55. The van der Waals surface area contributed by atoms with Gasteiger partial charge in [-0.1, -0.05) is 19.8 Å². The van der Waals surface area contributed by atoms with Gasteiger partial charge < -0.3 is 10.2 Å². The van der Waals surface area contributed by atoms with E-state index >= 15 is 0 Å². The van der Waals surface area contributed by atoms with Crippen molar-refractivity contribution in [3.05, 3.63) is 29.8 Å². The molecule has 2 fully saturated rings. The number of ketones is 1. The third kappa shape index (κ3) is 4.89. The van der Waals surface area contributed by atoms with Gasteiger partial charge in [-0.2, -0.15) is 0 Å². The molecule has 148 valence electrons. The van der Waals surface area contributed by atoms with Crippen LogP contribution in [0, 0.1) is 5.92 Å². The van der Waals surface area contributed by atoms with Crippen molar-refractivity contribution in [1.82, 2.24) is 10.2 Å². The molecular formula is C22H33N3O2. The van der Waals surface area contributed by atoms with E-state index in [0.29, 0.717) is 12.0 Å². The van der Waals surface area contributed by atoms with Crippen LogP contribution in [-0.2, 0) is 4.79 Å². The van der Waals surface area contributed by atoms with Gasteiger partial charge in [-0.3, -0.25) is 14.5 Å². The Bertz CT molecular complexity index is 650. The summed E-state index contributed by atoms with van der Waals surface area (Å²) in [5, 5.41) is 3.30. The monoisotopic (exact) mass is 371 g/mol. The van der Waals surface area contributed by atoms with Gasteiger partial charge in [-0.05, 0) is 56.9 Å². The largest absolute Gasteiger partial charge is 0.369 e. The predicted molar refractivity (Wildman–Crippen MR) is 109 cm³/mol. The smallest absolute Gasteiger partial charge is 0.237 e. The van der Waals surface area contributed by atoms with Gasteiger partial charge in [0.1, 0.15) is 0 Å². The Morgan fingerprint density at radius 3 is 2.26 bits per heavy atom. The van der Waals surface area contributed by atoms with Gasteiger partial charge in [-0.25, -0.2) is 0 Å². The molecule has 0 aromatic heterocycles. The van der Waals surface area contributed by atoms with Gasteiger partial charge in [0.05, 0.1) is 6.04 Å². The molecule has 0 radical (unpaired) electrons. The van der Waals surface area contributed by atoms with Crippen LogP contribution in [0.1, 0.15) is 56.8 Å². The summed E-state index contributed by atoms with van der Waals surface area (Å²) in [5.41, 5.74) is 1.90. The van der Waals surface area contributed by atoms with E-state index in [1.54, 1.807) is 6.92 Å². The summed E-state index contributed by atoms with van der Waals surface area (Å²) in [6.07, 6.45) is 4.85. The van der Waals surface area contributed by atoms with Crippen LogP contribution in [0.5, 0.6) is 0 Å². The molecular weight excluding hydrogens is 338 g/mol. The fourth-order valence-corrected chi connectivity index (χ4v) is 4.27. The number of amides is 1. The Kier molecular flexibility index (Phi) is 6.53. The lowest BCUT2D eigenvalue weighted by atomic mass is 9.86. The van der Waals surface area contributed by atoms with Crippen LogP contribution in [0.25, 0.3) is 0 Å². The summed E-state index contributed by atoms with van der Waals surface area (Å²) in [7, 11) is 0. The number of benzene rings is 1. The number of piperazine rings is 1. The first-order chi connectivity index (χ1) is 13.0. The minimum Gasteiger partial charge on any atom is -0.369 e. The highest BCUT2D eigenvalue weighted by atomic mass is 16.2. The van der Waals surface area contributed by atoms with Crippen LogP contribution in [0.4, 0.5) is 5.69 Å². The number of hydrogen-bond donors (Lipinski definition) is 1. The molecule has 0 spiro atoms. The molecule has 1 saturated heterocycles. The SMILES string of the molecule is CC(=O)c1ccc(N2CCN([C@H](C)C(=O)N[C@@H]3CCCC[C@@H]3C)CC2)cc1. The van der Waals surface area contributed by atoms with E-state index < -0.39 is 0 Å². The molecule has 0 bridgehead atoms. The second kappa shape index (κ2) is 8.87.